The number of nitrogens with zero attached hydrogens (tertiary/aromatic N) is 1. The van der Waals surface area contributed by atoms with Crippen molar-refractivity contribution in [3.05, 3.63) is 57.6 Å². The van der Waals surface area contributed by atoms with Gasteiger partial charge in [-0.05, 0) is 54.8 Å². The van der Waals surface area contributed by atoms with Crippen molar-refractivity contribution in [1.29, 1.82) is 5.26 Å². The van der Waals surface area contributed by atoms with Crippen LogP contribution in [0, 0.1) is 25.2 Å². The van der Waals surface area contributed by atoms with Gasteiger partial charge in [0.1, 0.15) is 11.6 Å². The van der Waals surface area contributed by atoms with Gasteiger partial charge in [0.2, 0.25) is 0 Å². The fourth-order valence-electron chi connectivity index (χ4n) is 2.47. The second-order valence-electron chi connectivity index (χ2n) is 6.16. The van der Waals surface area contributed by atoms with Crippen molar-refractivity contribution in [3.8, 4) is 17.6 Å². The van der Waals surface area contributed by atoms with Crippen LogP contribution in [0.2, 0.25) is 5.02 Å². The molecular weight excluding hydrogens is 396 g/mol. The number of methoxy groups -OCH3 is 1. The number of halogens is 1. The lowest BCUT2D eigenvalue weighted by Gasteiger charge is -2.12. The number of ether oxygens (including phenoxy) is 2. The van der Waals surface area contributed by atoms with E-state index in [4.69, 9.17) is 26.2 Å². The highest BCUT2D eigenvalue weighted by molar-refractivity contribution is 6.32. The molecule has 0 aliphatic carbocycles. The van der Waals surface area contributed by atoms with Crippen LogP contribution in [0.15, 0.2) is 35.9 Å². The topological polar surface area (TPSA) is 109 Å². The van der Waals surface area contributed by atoms with Gasteiger partial charge < -0.3 is 19.9 Å². The molecule has 29 heavy (non-hydrogen) atoms. The Morgan fingerprint density at radius 1 is 1.28 bits per heavy atom. The van der Waals surface area contributed by atoms with Crippen LogP contribution in [0.3, 0.4) is 0 Å². The third-order valence-corrected chi connectivity index (χ3v) is 4.19. The normalized spacial score (nSPS) is 10.8. The molecule has 0 aliphatic rings. The number of carbonyl (C=O) groups excluding carboxylic acids is 1. The van der Waals surface area contributed by atoms with Crippen LogP contribution in [0.1, 0.15) is 16.7 Å². The Labute approximate surface area is 173 Å². The lowest BCUT2D eigenvalue weighted by Crippen LogP contribution is -2.14. The van der Waals surface area contributed by atoms with Crippen LogP contribution in [-0.4, -0.2) is 30.7 Å². The highest BCUT2D eigenvalue weighted by Gasteiger charge is 2.15. The maximum Gasteiger partial charge on any atom is 0.341 e. The summed E-state index contributed by atoms with van der Waals surface area (Å²) in [5.41, 5.74) is 2.74. The number of benzene rings is 2. The molecule has 0 aliphatic heterocycles. The number of carboxylic acid groups (broad SMARTS) is 1. The summed E-state index contributed by atoms with van der Waals surface area (Å²) in [4.78, 5) is 23.2. The van der Waals surface area contributed by atoms with Crippen LogP contribution in [-0.2, 0) is 9.59 Å². The predicted octanol–water partition coefficient (Wildman–Crippen LogP) is 3.97. The molecule has 0 aromatic heterocycles. The molecular formula is C21H19ClN2O5. The minimum absolute atomic E-state index is 0.0621. The average molecular weight is 415 g/mol. The fraction of sp³-hybridized carbons (Fsp3) is 0.190. The molecule has 0 atom stereocenters. The van der Waals surface area contributed by atoms with Gasteiger partial charge >= 0.3 is 5.97 Å². The summed E-state index contributed by atoms with van der Waals surface area (Å²) >= 11 is 6.16. The zero-order chi connectivity index (χ0) is 21.6. The molecule has 0 fully saturated rings. The summed E-state index contributed by atoms with van der Waals surface area (Å²) in [6, 6.07) is 10.4. The smallest absolute Gasteiger partial charge is 0.341 e. The minimum atomic E-state index is -1.16. The maximum absolute atomic E-state index is 12.5. The van der Waals surface area contributed by atoms with E-state index in [2.05, 4.69) is 5.32 Å². The first kappa shape index (κ1) is 21.8. The molecule has 2 aromatic carbocycles. The van der Waals surface area contributed by atoms with E-state index in [1.54, 1.807) is 0 Å². The summed E-state index contributed by atoms with van der Waals surface area (Å²) in [6.45, 7) is 3.16. The number of hydrogen-bond acceptors (Lipinski definition) is 5. The molecule has 0 heterocycles. The number of aliphatic carboxylic acids is 1. The molecule has 7 nitrogen and oxygen atoms in total. The number of anilines is 1. The zero-order valence-electron chi connectivity index (χ0n) is 16.1. The van der Waals surface area contributed by atoms with Gasteiger partial charge in [-0.25, -0.2) is 4.79 Å². The third kappa shape index (κ3) is 5.74. The van der Waals surface area contributed by atoms with Crippen LogP contribution in [0.4, 0.5) is 5.69 Å². The van der Waals surface area contributed by atoms with Crippen molar-refractivity contribution in [2.75, 3.05) is 19.0 Å². The van der Waals surface area contributed by atoms with Gasteiger partial charge in [-0.3, -0.25) is 4.79 Å². The van der Waals surface area contributed by atoms with Crippen LogP contribution < -0.4 is 14.8 Å². The quantitative estimate of drug-likeness (QED) is 0.524. The standard InChI is InChI=1S/C21H19ClN2O5/c1-12-4-5-13(2)17(6-12)24-21(27)15(10-23)7-14-8-16(22)20(18(9-14)28-3)29-11-19(25)26/h4-9H,11H2,1-3H3,(H,24,27)(H,25,26)/b15-7+. The van der Waals surface area contributed by atoms with E-state index in [1.807, 2.05) is 38.1 Å². The van der Waals surface area contributed by atoms with Gasteiger partial charge in [0.15, 0.2) is 18.1 Å². The lowest BCUT2D eigenvalue weighted by atomic mass is 10.1. The third-order valence-electron chi connectivity index (χ3n) is 3.91. The van der Waals surface area contributed by atoms with E-state index in [1.165, 1.54) is 25.3 Å². The Balaban J connectivity index is 2.33. The SMILES string of the molecule is COc1cc(/C=C(\C#N)C(=O)Nc2cc(C)ccc2C)cc(Cl)c1OCC(=O)O. The zero-order valence-corrected chi connectivity index (χ0v) is 16.8. The molecule has 1 amide bonds. The lowest BCUT2D eigenvalue weighted by molar-refractivity contribution is -0.139. The Bertz CT molecular complexity index is 1020. The molecule has 0 radical (unpaired) electrons. The molecule has 2 N–H and O–H groups in total. The van der Waals surface area contributed by atoms with Gasteiger partial charge in [-0.1, -0.05) is 23.7 Å². The van der Waals surface area contributed by atoms with Gasteiger partial charge in [0.25, 0.3) is 5.91 Å². The highest BCUT2D eigenvalue weighted by Crippen LogP contribution is 2.37. The van der Waals surface area contributed by atoms with E-state index >= 15 is 0 Å². The van der Waals surface area contributed by atoms with E-state index in [0.29, 0.717) is 11.3 Å². The highest BCUT2D eigenvalue weighted by atomic mass is 35.5. The second kappa shape index (κ2) is 9.62. The van der Waals surface area contributed by atoms with Gasteiger partial charge in [-0.2, -0.15) is 5.26 Å². The summed E-state index contributed by atoms with van der Waals surface area (Å²) in [6.07, 6.45) is 1.36. The van der Waals surface area contributed by atoms with E-state index in [9.17, 15) is 14.9 Å². The van der Waals surface area contributed by atoms with E-state index < -0.39 is 18.5 Å². The first-order chi connectivity index (χ1) is 13.7. The molecule has 2 rings (SSSR count). The molecule has 0 saturated carbocycles. The van der Waals surface area contributed by atoms with Crippen molar-refractivity contribution in [2.24, 2.45) is 0 Å². The number of nitriles is 1. The average Bonchev–Trinajstić information content (AvgIpc) is 2.67. The Morgan fingerprint density at radius 3 is 2.62 bits per heavy atom. The minimum Gasteiger partial charge on any atom is -0.493 e. The second-order valence-corrected chi connectivity index (χ2v) is 6.57. The van der Waals surface area contributed by atoms with Crippen molar-refractivity contribution < 1.29 is 24.2 Å². The predicted molar refractivity (Wildman–Crippen MR) is 109 cm³/mol. The van der Waals surface area contributed by atoms with Gasteiger partial charge in [0, 0.05) is 5.69 Å². The summed E-state index contributed by atoms with van der Waals surface area (Å²) in [5, 5.41) is 21.0. The number of nitrogens with one attached hydrogen (secondary N) is 1. The van der Waals surface area contributed by atoms with E-state index in [-0.39, 0.29) is 22.1 Å². The molecule has 0 spiro atoms. The van der Waals surface area contributed by atoms with Gasteiger partial charge in [0.05, 0.1) is 12.1 Å². The largest absolute Gasteiger partial charge is 0.493 e. The number of carbonyl (C=O) groups is 2. The van der Waals surface area contributed by atoms with Crippen LogP contribution >= 0.6 is 11.6 Å². The summed E-state index contributed by atoms with van der Waals surface area (Å²) < 4.78 is 10.3. The molecule has 150 valence electrons. The number of rotatable bonds is 7. The Kier molecular flexibility index (Phi) is 7.23. The maximum atomic E-state index is 12.5. The Morgan fingerprint density at radius 2 is 2.00 bits per heavy atom. The number of hydrogen-bond donors (Lipinski definition) is 2. The summed E-state index contributed by atoms with van der Waals surface area (Å²) in [7, 11) is 1.37. The van der Waals surface area contributed by atoms with E-state index in [0.717, 1.165) is 11.1 Å². The first-order valence-electron chi connectivity index (χ1n) is 8.47. The van der Waals surface area contributed by atoms with Crippen molar-refractivity contribution in [3.63, 3.8) is 0 Å². The molecule has 0 unspecified atom stereocenters. The molecule has 8 heteroatoms. The molecule has 2 aromatic rings. The number of carboxylic acids is 1. The summed E-state index contributed by atoms with van der Waals surface area (Å²) in [5.74, 6) is -1.49. The first-order valence-corrected chi connectivity index (χ1v) is 8.85. The number of aryl methyl sites for hydroxylation is 2. The molecule has 0 bridgehead atoms. The van der Waals surface area contributed by atoms with Crippen LogP contribution in [0.5, 0.6) is 11.5 Å². The monoisotopic (exact) mass is 414 g/mol. The van der Waals surface area contributed by atoms with Crippen molar-refractivity contribution >= 4 is 35.2 Å². The van der Waals surface area contributed by atoms with Crippen molar-refractivity contribution in [1.82, 2.24) is 0 Å². The fourth-order valence-corrected chi connectivity index (χ4v) is 2.75. The van der Waals surface area contributed by atoms with Crippen molar-refractivity contribution in [2.45, 2.75) is 13.8 Å². The van der Waals surface area contributed by atoms with Gasteiger partial charge in [-0.15, -0.1) is 0 Å². The molecule has 0 saturated heterocycles. The van der Waals surface area contributed by atoms with Crippen LogP contribution in [0.25, 0.3) is 6.08 Å². The Hall–Kier alpha value is -3.50. The number of amides is 1.